The topological polar surface area (TPSA) is 99.6 Å². The number of carbonyl (C=O) groups excluding carboxylic acids is 2. The quantitative estimate of drug-likeness (QED) is 0.418. The summed E-state index contributed by atoms with van der Waals surface area (Å²) >= 11 is 0. The van der Waals surface area contributed by atoms with Crippen molar-refractivity contribution in [2.75, 3.05) is 33.7 Å². The molecule has 2 aromatic carbocycles. The standard InChI is InChI=1S/C28H33F3N4O5S/c1-27(2,3)40-26(37)35-18-16-32-25(35)21-14-12-20(13-15-21)19-33(4)24(36)11-8-17-34(5)41(38,39)23-10-7-6-9-22(23)28(29,30)31/h6-15H,16-19H2,1-5H3. The number of nitrogens with zero attached hydrogens (tertiary/aromatic N) is 4. The third-order valence-corrected chi connectivity index (χ3v) is 7.85. The minimum atomic E-state index is -4.83. The van der Waals surface area contributed by atoms with Gasteiger partial charge in [0.05, 0.1) is 23.5 Å². The van der Waals surface area contributed by atoms with Crippen molar-refractivity contribution in [3.8, 4) is 0 Å². The first-order chi connectivity index (χ1) is 19.0. The van der Waals surface area contributed by atoms with Crippen LogP contribution in [0.25, 0.3) is 0 Å². The highest BCUT2D eigenvalue weighted by Crippen LogP contribution is 2.34. The van der Waals surface area contributed by atoms with E-state index in [0.717, 1.165) is 34.6 Å². The lowest BCUT2D eigenvalue weighted by molar-refractivity contribution is -0.140. The van der Waals surface area contributed by atoms with Gasteiger partial charge in [-0.15, -0.1) is 0 Å². The summed E-state index contributed by atoms with van der Waals surface area (Å²) in [7, 11) is -1.75. The van der Waals surface area contributed by atoms with Crippen LogP contribution in [-0.4, -0.2) is 79.7 Å². The van der Waals surface area contributed by atoms with Gasteiger partial charge >= 0.3 is 12.3 Å². The van der Waals surface area contributed by atoms with Gasteiger partial charge in [-0.1, -0.05) is 42.5 Å². The molecule has 0 spiro atoms. The van der Waals surface area contributed by atoms with Crippen LogP contribution in [0.4, 0.5) is 18.0 Å². The Hall–Kier alpha value is -3.71. The molecule has 13 heteroatoms. The van der Waals surface area contributed by atoms with Crippen molar-refractivity contribution in [1.82, 2.24) is 14.1 Å². The molecule has 0 saturated heterocycles. The average molecular weight is 595 g/mol. The summed E-state index contributed by atoms with van der Waals surface area (Å²) in [6, 6.07) is 11.1. The SMILES string of the molecule is CN(Cc1ccc(C2=NCCN2C(=O)OC(C)(C)C)cc1)C(=O)C=CCN(C)S(=O)(=O)c1ccccc1C(F)(F)F. The van der Waals surface area contributed by atoms with Crippen molar-refractivity contribution < 1.29 is 35.9 Å². The van der Waals surface area contributed by atoms with E-state index in [1.54, 1.807) is 52.1 Å². The Morgan fingerprint density at radius 3 is 2.29 bits per heavy atom. The van der Waals surface area contributed by atoms with Crippen LogP contribution in [0.2, 0.25) is 0 Å². The molecule has 0 unspecified atom stereocenters. The number of likely N-dealkylation sites (N-methyl/N-ethyl adjacent to an activating group) is 2. The summed E-state index contributed by atoms with van der Waals surface area (Å²) in [5.74, 6) is 0.0851. The number of carbonyl (C=O) groups is 2. The summed E-state index contributed by atoms with van der Waals surface area (Å²) in [6.45, 7) is 6.18. The molecule has 1 aliphatic rings. The molecule has 0 radical (unpaired) electrons. The number of benzene rings is 2. The Balaban J connectivity index is 1.59. The van der Waals surface area contributed by atoms with Crippen LogP contribution < -0.4 is 0 Å². The van der Waals surface area contributed by atoms with E-state index < -0.39 is 44.3 Å². The highest BCUT2D eigenvalue weighted by Gasteiger charge is 2.38. The number of halogens is 3. The van der Waals surface area contributed by atoms with Gasteiger partial charge in [0.1, 0.15) is 11.4 Å². The first-order valence-electron chi connectivity index (χ1n) is 12.7. The fourth-order valence-electron chi connectivity index (χ4n) is 3.92. The smallest absolute Gasteiger partial charge is 0.417 e. The van der Waals surface area contributed by atoms with Gasteiger partial charge in [-0.25, -0.2) is 13.2 Å². The molecule has 222 valence electrons. The van der Waals surface area contributed by atoms with Crippen molar-refractivity contribution in [1.29, 1.82) is 0 Å². The number of hydrogen-bond donors (Lipinski definition) is 0. The first-order valence-corrected chi connectivity index (χ1v) is 14.1. The molecular formula is C28H33F3N4O5S. The van der Waals surface area contributed by atoms with E-state index >= 15 is 0 Å². The monoisotopic (exact) mass is 594 g/mol. The van der Waals surface area contributed by atoms with E-state index in [4.69, 9.17) is 4.74 Å². The van der Waals surface area contributed by atoms with Crippen LogP contribution in [0.15, 0.2) is 70.6 Å². The minimum absolute atomic E-state index is 0.235. The number of hydrogen-bond acceptors (Lipinski definition) is 6. The van der Waals surface area contributed by atoms with Crippen molar-refractivity contribution in [3.63, 3.8) is 0 Å². The lowest BCUT2D eigenvalue weighted by atomic mass is 10.1. The van der Waals surface area contributed by atoms with E-state index in [0.29, 0.717) is 25.0 Å². The van der Waals surface area contributed by atoms with Gasteiger partial charge in [0.2, 0.25) is 15.9 Å². The van der Waals surface area contributed by atoms with E-state index in [9.17, 15) is 31.2 Å². The van der Waals surface area contributed by atoms with Gasteiger partial charge in [-0.2, -0.15) is 17.5 Å². The molecular weight excluding hydrogens is 561 g/mol. The molecule has 3 rings (SSSR count). The Bertz CT molecular complexity index is 1430. The highest BCUT2D eigenvalue weighted by atomic mass is 32.2. The Morgan fingerprint density at radius 2 is 1.68 bits per heavy atom. The summed E-state index contributed by atoms with van der Waals surface area (Å²) in [4.78, 5) is 31.6. The van der Waals surface area contributed by atoms with E-state index in [1.165, 1.54) is 28.0 Å². The number of rotatable bonds is 8. The second kappa shape index (κ2) is 12.4. The number of aliphatic imine (C=N–C) groups is 1. The molecule has 0 aromatic heterocycles. The summed E-state index contributed by atoms with van der Waals surface area (Å²) in [6.07, 6.45) is -2.86. The van der Waals surface area contributed by atoms with Crippen LogP contribution in [0.5, 0.6) is 0 Å². The summed E-state index contributed by atoms with van der Waals surface area (Å²) in [5, 5.41) is 0. The van der Waals surface area contributed by atoms with Crippen LogP contribution in [0.3, 0.4) is 0 Å². The molecule has 0 fully saturated rings. The largest absolute Gasteiger partial charge is 0.443 e. The fourth-order valence-corrected chi connectivity index (χ4v) is 5.25. The van der Waals surface area contributed by atoms with E-state index in [2.05, 4.69) is 4.99 Å². The Kier molecular flexibility index (Phi) is 9.65. The predicted molar refractivity (Wildman–Crippen MR) is 148 cm³/mol. The van der Waals surface area contributed by atoms with Crippen LogP contribution >= 0.6 is 0 Å². The molecule has 2 amide bonds. The summed E-state index contributed by atoms with van der Waals surface area (Å²) < 4.78 is 71.6. The number of amides is 2. The molecule has 0 saturated carbocycles. The Morgan fingerprint density at radius 1 is 1.05 bits per heavy atom. The van der Waals surface area contributed by atoms with Crippen molar-refractivity contribution in [3.05, 3.63) is 77.4 Å². The maximum atomic E-state index is 13.3. The molecule has 2 aromatic rings. The van der Waals surface area contributed by atoms with Gasteiger partial charge < -0.3 is 9.64 Å². The Labute approximate surface area is 238 Å². The first kappa shape index (κ1) is 31.8. The lowest BCUT2D eigenvalue weighted by Crippen LogP contribution is -2.39. The molecule has 0 bridgehead atoms. The van der Waals surface area contributed by atoms with Crippen molar-refractivity contribution >= 4 is 27.9 Å². The second-order valence-electron chi connectivity index (χ2n) is 10.4. The van der Waals surface area contributed by atoms with Gasteiger partial charge in [0, 0.05) is 38.8 Å². The third kappa shape index (κ3) is 8.17. The zero-order valence-electron chi connectivity index (χ0n) is 23.5. The van der Waals surface area contributed by atoms with Crippen LogP contribution in [0, 0.1) is 0 Å². The zero-order valence-corrected chi connectivity index (χ0v) is 24.3. The minimum Gasteiger partial charge on any atom is -0.443 e. The molecule has 1 aliphatic heterocycles. The van der Waals surface area contributed by atoms with Crippen molar-refractivity contribution in [2.24, 2.45) is 4.99 Å². The number of alkyl halides is 3. The maximum Gasteiger partial charge on any atom is 0.417 e. The van der Waals surface area contributed by atoms with Crippen LogP contribution in [0.1, 0.15) is 37.5 Å². The fraction of sp³-hybridized carbons (Fsp3) is 0.393. The number of amidine groups is 1. The average Bonchev–Trinajstić information content (AvgIpc) is 3.38. The normalized spacial score (nSPS) is 14.5. The predicted octanol–water partition coefficient (Wildman–Crippen LogP) is 4.54. The van der Waals surface area contributed by atoms with Crippen molar-refractivity contribution in [2.45, 2.75) is 44.0 Å². The zero-order chi connectivity index (χ0) is 30.6. The molecule has 0 N–H and O–H groups in total. The van der Waals surface area contributed by atoms with Gasteiger partial charge in [0.15, 0.2) is 0 Å². The molecule has 0 aliphatic carbocycles. The lowest BCUT2D eigenvalue weighted by Gasteiger charge is -2.25. The van der Waals surface area contributed by atoms with Crippen LogP contribution in [-0.2, 0) is 32.3 Å². The molecule has 1 heterocycles. The van der Waals surface area contributed by atoms with Gasteiger partial charge in [-0.05, 0) is 38.5 Å². The highest BCUT2D eigenvalue weighted by molar-refractivity contribution is 7.89. The third-order valence-electron chi connectivity index (χ3n) is 5.97. The van der Waals surface area contributed by atoms with E-state index in [1.807, 2.05) is 0 Å². The number of ether oxygens (including phenoxy) is 1. The second-order valence-corrected chi connectivity index (χ2v) is 12.4. The maximum absolute atomic E-state index is 13.3. The van der Waals surface area contributed by atoms with E-state index in [-0.39, 0.29) is 13.1 Å². The molecule has 9 nitrogen and oxygen atoms in total. The summed E-state index contributed by atoms with van der Waals surface area (Å²) in [5.41, 5.74) is -0.371. The van der Waals surface area contributed by atoms with Gasteiger partial charge in [-0.3, -0.25) is 14.7 Å². The molecule has 0 atom stereocenters. The van der Waals surface area contributed by atoms with Gasteiger partial charge in [0.25, 0.3) is 0 Å². The number of sulfonamides is 1. The molecule has 41 heavy (non-hydrogen) atoms.